The lowest BCUT2D eigenvalue weighted by atomic mass is 10.0. The maximum absolute atomic E-state index is 10.9. The van der Waals surface area contributed by atoms with Crippen molar-refractivity contribution < 1.29 is 9.90 Å². The zero-order valence-corrected chi connectivity index (χ0v) is 13.1. The van der Waals surface area contributed by atoms with Crippen molar-refractivity contribution in [3.63, 3.8) is 0 Å². The van der Waals surface area contributed by atoms with Crippen LogP contribution in [0.5, 0.6) is 0 Å². The first-order valence-corrected chi connectivity index (χ1v) is 7.74. The van der Waals surface area contributed by atoms with Gasteiger partial charge in [-0.3, -0.25) is 0 Å². The molecule has 18 heavy (non-hydrogen) atoms. The molecule has 0 saturated carbocycles. The lowest BCUT2D eigenvalue weighted by molar-refractivity contribution is 0.0696. The Morgan fingerprint density at radius 2 is 1.83 bits per heavy atom. The van der Waals surface area contributed by atoms with E-state index in [1.54, 1.807) is 6.07 Å². The number of aryl methyl sites for hydroxylation is 1. The van der Waals surface area contributed by atoms with Crippen LogP contribution in [-0.4, -0.2) is 11.1 Å². The van der Waals surface area contributed by atoms with Gasteiger partial charge in [0.15, 0.2) is 0 Å². The monoisotopic (exact) mass is 360 g/mol. The second-order valence-electron chi connectivity index (χ2n) is 4.63. The molecule has 0 unspecified atom stereocenters. The van der Waals surface area contributed by atoms with Gasteiger partial charge in [0, 0.05) is 3.57 Å². The van der Waals surface area contributed by atoms with Crippen LogP contribution in [0.2, 0.25) is 0 Å². The summed E-state index contributed by atoms with van der Waals surface area (Å²) in [6.45, 7) is 2.22. The van der Waals surface area contributed by atoms with Crippen LogP contribution in [0, 0.1) is 3.57 Å². The minimum absolute atomic E-state index is 0.399. The average molecular weight is 360 g/mol. The predicted molar refractivity (Wildman–Crippen MR) is 83.2 cm³/mol. The number of carbonyl (C=O) groups is 1. The highest BCUT2D eigenvalue weighted by Gasteiger charge is 2.06. The van der Waals surface area contributed by atoms with Crippen molar-refractivity contribution in [2.45, 2.75) is 51.9 Å². The molecule has 0 aliphatic heterocycles. The molecule has 0 atom stereocenters. The molecule has 1 aromatic carbocycles. The van der Waals surface area contributed by atoms with E-state index in [1.807, 2.05) is 12.1 Å². The van der Waals surface area contributed by atoms with Crippen LogP contribution in [0.1, 0.15) is 61.4 Å². The van der Waals surface area contributed by atoms with Gasteiger partial charge in [-0.25, -0.2) is 4.79 Å². The van der Waals surface area contributed by atoms with Crippen molar-refractivity contribution in [2.24, 2.45) is 0 Å². The summed E-state index contributed by atoms with van der Waals surface area (Å²) in [5.41, 5.74) is 1.57. The van der Waals surface area contributed by atoms with Crippen LogP contribution in [0.15, 0.2) is 18.2 Å². The van der Waals surface area contributed by atoms with Crippen LogP contribution in [0.4, 0.5) is 0 Å². The normalized spacial score (nSPS) is 10.6. The Labute approximate surface area is 123 Å². The van der Waals surface area contributed by atoms with Crippen molar-refractivity contribution >= 4 is 28.6 Å². The van der Waals surface area contributed by atoms with Crippen LogP contribution in [0.3, 0.4) is 0 Å². The number of rotatable bonds is 8. The maximum atomic E-state index is 10.9. The number of halogens is 1. The third-order valence-corrected chi connectivity index (χ3v) is 4.14. The molecule has 0 heterocycles. The van der Waals surface area contributed by atoms with Gasteiger partial charge in [-0.2, -0.15) is 0 Å². The number of unbranched alkanes of at least 4 members (excludes halogenated alkanes) is 5. The Morgan fingerprint density at radius 3 is 2.50 bits per heavy atom. The smallest absolute Gasteiger partial charge is 0.335 e. The molecule has 0 amide bonds. The van der Waals surface area contributed by atoms with Gasteiger partial charge in [0.05, 0.1) is 5.56 Å². The van der Waals surface area contributed by atoms with E-state index in [2.05, 4.69) is 29.5 Å². The highest BCUT2D eigenvalue weighted by Crippen LogP contribution is 2.18. The lowest BCUT2D eigenvalue weighted by Crippen LogP contribution is -1.99. The second-order valence-corrected chi connectivity index (χ2v) is 5.79. The number of hydrogen-bond donors (Lipinski definition) is 1. The van der Waals surface area contributed by atoms with Crippen LogP contribution in [-0.2, 0) is 6.42 Å². The van der Waals surface area contributed by atoms with Gasteiger partial charge in [-0.15, -0.1) is 0 Å². The zero-order chi connectivity index (χ0) is 13.4. The van der Waals surface area contributed by atoms with E-state index in [9.17, 15) is 4.79 Å². The largest absolute Gasteiger partial charge is 0.478 e. The minimum Gasteiger partial charge on any atom is -0.478 e. The highest BCUT2D eigenvalue weighted by molar-refractivity contribution is 14.1. The quantitative estimate of drug-likeness (QED) is 0.529. The van der Waals surface area contributed by atoms with Gasteiger partial charge in [-0.1, -0.05) is 39.0 Å². The van der Waals surface area contributed by atoms with E-state index in [4.69, 9.17) is 5.11 Å². The van der Waals surface area contributed by atoms with Crippen molar-refractivity contribution in [1.29, 1.82) is 0 Å². The number of aromatic carboxylic acids is 1. The molecule has 0 aromatic heterocycles. The van der Waals surface area contributed by atoms with E-state index in [0.29, 0.717) is 5.56 Å². The molecule has 0 aliphatic carbocycles. The highest BCUT2D eigenvalue weighted by atomic mass is 127. The molecule has 0 saturated heterocycles. The van der Waals surface area contributed by atoms with E-state index >= 15 is 0 Å². The zero-order valence-electron chi connectivity index (χ0n) is 10.9. The van der Waals surface area contributed by atoms with Crippen molar-refractivity contribution in [3.8, 4) is 0 Å². The summed E-state index contributed by atoms with van der Waals surface area (Å²) in [5.74, 6) is -0.837. The molecule has 0 fully saturated rings. The summed E-state index contributed by atoms with van der Waals surface area (Å²) in [7, 11) is 0. The Morgan fingerprint density at radius 1 is 1.17 bits per heavy atom. The first-order chi connectivity index (χ1) is 8.65. The number of carboxylic acid groups (broad SMARTS) is 1. The summed E-state index contributed by atoms with van der Waals surface area (Å²) in [4.78, 5) is 10.9. The number of carboxylic acids is 1. The van der Waals surface area contributed by atoms with Crippen LogP contribution >= 0.6 is 22.6 Å². The topological polar surface area (TPSA) is 37.3 Å². The molecule has 0 bridgehead atoms. The molecule has 100 valence electrons. The van der Waals surface area contributed by atoms with E-state index in [0.717, 1.165) is 12.8 Å². The summed E-state index contributed by atoms with van der Waals surface area (Å²) in [6.07, 6.45) is 8.61. The molecule has 2 nitrogen and oxygen atoms in total. The number of benzene rings is 1. The minimum atomic E-state index is -0.837. The molecule has 3 heteroatoms. The fraction of sp³-hybridized carbons (Fsp3) is 0.533. The molecule has 1 aromatic rings. The van der Waals surface area contributed by atoms with E-state index in [-0.39, 0.29) is 0 Å². The number of hydrogen-bond acceptors (Lipinski definition) is 1. The van der Waals surface area contributed by atoms with Crippen molar-refractivity contribution in [2.75, 3.05) is 0 Å². The van der Waals surface area contributed by atoms with Gasteiger partial charge >= 0.3 is 5.97 Å². The second kappa shape index (κ2) is 8.51. The first-order valence-electron chi connectivity index (χ1n) is 6.67. The SMILES string of the molecule is CCCCCCCCc1cc(C(=O)O)ccc1I. The van der Waals surface area contributed by atoms with Crippen molar-refractivity contribution in [1.82, 2.24) is 0 Å². The van der Waals surface area contributed by atoms with Gasteiger partial charge in [0.25, 0.3) is 0 Å². The van der Waals surface area contributed by atoms with Gasteiger partial charge in [0.1, 0.15) is 0 Å². The fourth-order valence-corrected chi connectivity index (χ4v) is 2.60. The van der Waals surface area contributed by atoms with E-state index < -0.39 is 5.97 Å². The summed E-state index contributed by atoms with van der Waals surface area (Å²) in [5, 5.41) is 8.97. The Hall–Kier alpha value is -0.580. The molecule has 1 N–H and O–H groups in total. The molecule has 0 aliphatic rings. The van der Waals surface area contributed by atoms with Gasteiger partial charge in [0.2, 0.25) is 0 Å². The summed E-state index contributed by atoms with van der Waals surface area (Å²) in [6, 6.07) is 5.39. The molecular formula is C15H21IO2. The van der Waals surface area contributed by atoms with E-state index in [1.165, 1.54) is 41.2 Å². The predicted octanol–water partition coefficient (Wildman–Crippen LogP) is 4.89. The molecule has 0 radical (unpaired) electrons. The van der Waals surface area contributed by atoms with Crippen LogP contribution in [0.25, 0.3) is 0 Å². The first kappa shape index (κ1) is 15.5. The van der Waals surface area contributed by atoms with Gasteiger partial charge < -0.3 is 5.11 Å². The standard InChI is InChI=1S/C15H21IO2/c1-2-3-4-5-6-7-8-12-11-13(15(17)18)9-10-14(12)16/h9-11H,2-8H2,1H3,(H,17,18). The lowest BCUT2D eigenvalue weighted by Gasteiger charge is -2.06. The Kier molecular flexibility index (Phi) is 7.32. The Bertz CT molecular complexity index is 388. The molecule has 0 spiro atoms. The molecule has 1 rings (SSSR count). The third kappa shape index (κ3) is 5.38. The van der Waals surface area contributed by atoms with Crippen LogP contribution < -0.4 is 0 Å². The summed E-state index contributed by atoms with van der Waals surface area (Å²) < 4.78 is 1.17. The Balaban J connectivity index is 2.41. The van der Waals surface area contributed by atoms with Crippen molar-refractivity contribution in [3.05, 3.63) is 32.9 Å². The van der Waals surface area contributed by atoms with Gasteiger partial charge in [-0.05, 0) is 59.2 Å². The average Bonchev–Trinajstić information content (AvgIpc) is 2.35. The maximum Gasteiger partial charge on any atom is 0.335 e. The summed E-state index contributed by atoms with van der Waals surface area (Å²) >= 11 is 2.28. The molecular weight excluding hydrogens is 339 g/mol. The fourth-order valence-electron chi connectivity index (χ4n) is 2.00. The third-order valence-electron chi connectivity index (χ3n) is 3.09.